The van der Waals surface area contributed by atoms with Crippen molar-refractivity contribution in [2.75, 3.05) is 19.3 Å². The maximum Gasteiger partial charge on any atom is 0.230 e. The first-order chi connectivity index (χ1) is 9.54. The van der Waals surface area contributed by atoms with Gasteiger partial charge in [-0.15, -0.1) is 0 Å². The largest absolute Gasteiger partial charge is 0.451 e. The van der Waals surface area contributed by atoms with E-state index in [-0.39, 0.29) is 5.92 Å². The lowest BCUT2D eigenvalue weighted by atomic mass is 9.98. The highest BCUT2D eigenvalue weighted by Gasteiger charge is 2.29. The molecule has 2 aromatic rings. The summed E-state index contributed by atoms with van der Waals surface area (Å²) < 4.78 is 34.5. The molecule has 9 heteroatoms. The van der Waals surface area contributed by atoms with Gasteiger partial charge in [-0.25, -0.2) is 17.7 Å². The SMILES string of the molecule is CS(=O)(=O)N1CCC(c2nc(-c3cocn3)no2)CC1. The lowest BCUT2D eigenvalue weighted by molar-refractivity contribution is 0.271. The average molecular weight is 298 g/mol. The summed E-state index contributed by atoms with van der Waals surface area (Å²) in [7, 11) is -3.12. The van der Waals surface area contributed by atoms with Crippen molar-refractivity contribution in [1.29, 1.82) is 0 Å². The fourth-order valence-corrected chi connectivity index (χ4v) is 3.14. The molecule has 0 saturated carbocycles. The minimum Gasteiger partial charge on any atom is -0.451 e. The molecule has 0 radical (unpaired) electrons. The van der Waals surface area contributed by atoms with E-state index in [1.54, 1.807) is 0 Å². The third-order valence-corrected chi connectivity index (χ3v) is 4.68. The Kier molecular flexibility index (Phi) is 3.30. The second-order valence-corrected chi connectivity index (χ2v) is 6.75. The van der Waals surface area contributed by atoms with Crippen molar-refractivity contribution in [2.24, 2.45) is 0 Å². The zero-order chi connectivity index (χ0) is 14.2. The molecule has 1 aliphatic rings. The van der Waals surface area contributed by atoms with Gasteiger partial charge in [-0.3, -0.25) is 0 Å². The lowest BCUT2D eigenvalue weighted by Crippen LogP contribution is -2.37. The molecule has 0 amide bonds. The fraction of sp³-hybridized carbons (Fsp3) is 0.545. The van der Waals surface area contributed by atoms with Crippen LogP contribution in [0.3, 0.4) is 0 Å². The van der Waals surface area contributed by atoms with Gasteiger partial charge in [-0.1, -0.05) is 5.16 Å². The van der Waals surface area contributed by atoms with Gasteiger partial charge in [-0.2, -0.15) is 4.98 Å². The van der Waals surface area contributed by atoms with Crippen LogP contribution < -0.4 is 0 Å². The summed E-state index contributed by atoms with van der Waals surface area (Å²) in [6.07, 6.45) is 5.32. The number of nitrogens with zero attached hydrogens (tertiary/aromatic N) is 4. The summed E-state index contributed by atoms with van der Waals surface area (Å²) in [5.41, 5.74) is 0.522. The smallest absolute Gasteiger partial charge is 0.230 e. The maximum atomic E-state index is 11.4. The molecular weight excluding hydrogens is 284 g/mol. The van der Waals surface area contributed by atoms with Gasteiger partial charge >= 0.3 is 0 Å². The van der Waals surface area contributed by atoms with E-state index in [0.29, 0.717) is 43.3 Å². The molecule has 0 unspecified atom stereocenters. The predicted octanol–water partition coefficient (Wildman–Crippen LogP) is 0.864. The quantitative estimate of drug-likeness (QED) is 0.828. The molecule has 0 bridgehead atoms. The van der Waals surface area contributed by atoms with Crippen molar-refractivity contribution in [3.8, 4) is 11.5 Å². The first-order valence-corrected chi connectivity index (χ1v) is 8.06. The number of piperidine rings is 1. The van der Waals surface area contributed by atoms with Crippen molar-refractivity contribution in [3.63, 3.8) is 0 Å². The van der Waals surface area contributed by atoms with Crippen LogP contribution >= 0.6 is 0 Å². The second-order valence-electron chi connectivity index (χ2n) is 4.77. The topological polar surface area (TPSA) is 102 Å². The molecule has 2 aromatic heterocycles. The second kappa shape index (κ2) is 4.98. The highest BCUT2D eigenvalue weighted by Crippen LogP contribution is 2.28. The minimum absolute atomic E-state index is 0.0844. The number of rotatable bonds is 3. The van der Waals surface area contributed by atoms with Crippen molar-refractivity contribution in [3.05, 3.63) is 18.5 Å². The zero-order valence-corrected chi connectivity index (χ0v) is 11.7. The van der Waals surface area contributed by atoms with Crippen molar-refractivity contribution < 1.29 is 17.4 Å². The minimum atomic E-state index is -3.12. The fourth-order valence-electron chi connectivity index (χ4n) is 2.26. The molecule has 8 nitrogen and oxygen atoms in total. The van der Waals surface area contributed by atoms with Gasteiger partial charge in [0.05, 0.1) is 6.26 Å². The highest BCUT2D eigenvalue weighted by atomic mass is 32.2. The molecule has 1 fully saturated rings. The van der Waals surface area contributed by atoms with E-state index < -0.39 is 10.0 Å². The van der Waals surface area contributed by atoms with Gasteiger partial charge < -0.3 is 8.94 Å². The highest BCUT2D eigenvalue weighted by molar-refractivity contribution is 7.88. The molecule has 3 rings (SSSR count). The molecule has 0 atom stereocenters. The Morgan fingerprint density at radius 1 is 1.35 bits per heavy atom. The Bertz CT molecular complexity index is 671. The van der Waals surface area contributed by atoms with E-state index in [1.807, 2.05) is 0 Å². The first-order valence-electron chi connectivity index (χ1n) is 6.21. The van der Waals surface area contributed by atoms with Crippen molar-refractivity contribution in [1.82, 2.24) is 19.4 Å². The Morgan fingerprint density at radius 2 is 2.10 bits per heavy atom. The van der Waals surface area contributed by atoms with E-state index in [0.717, 1.165) is 0 Å². The molecule has 20 heavy (non-hydrogen) atoms. The molecule has 3 heterocycles. The standard InChI is InChI=1S/C11H14N4O4S/c1-20(16,17)15-4-2-8(3-5-15)11-13-10(14-19-11)9-6-18-7-12-9/h6-8H,2-5H2,1H3. The van der Waals surface area contributed by atoms with Crippen LogP contribution in [0, 0.1) is 0 Å². The maximum absolute atomic E-state index is 11.4. The van der Waals surface area contributed by atoms with Gasteiger partial charge in [0.25, 0.3) is 0 Å². The van der Waals surface area contributed by atoms with E-state index in [2.05, 4.69) is 15.1 Å². The Labute approximate surface area is 115 Å². The Balaban J connectivity index is 1.70. The van der Waals surface area contributed by atoms with Crippen LogP contribution in [0.25, 0.3) is 11.5 Å². The summed E-state index contributed by atoms with van der Waals surface area (Å²) >= 11 is 0. The number of aromatic nitrogens is 3. The third-order valence-electron chi connectivity index (χ3n) is 3.38. The van der Waals surface area contributed by atoms with Crippen LogP contribution in [0.4, 0.5) is 0 Å². The number of oxazole rings is 1. The zero-order valence-electron chi connectivity index (χ0n) is 10.9. The Hall–Kier alpha value is -1.74. The molecule has 0 N–H and O–H groups in total. The van der Waals surface area contributed by atoms with Gasteiger partial charge in [0.1, 0.15) is 12.0 Å². The van der Waals surface area contributed by atoms with Gasteiger partial charge in [0.15, 0.2) is 6.39 Å². The molecule has 0 aromatic carbocycles. The summed E-state index contributed by atoms with van der Waals surface area (Å²) in [5.74, 6) is 0.997. The normalized spacial score (nSPS) is 18.4. The third kappa shape index (κ3) is 2.59. The van der Waals surface area contributed by atoms with Crippen LogP contribution in [-0.2, 0) is 10.0 Å². The van der Waals surface area contributed by atoms with Crippen LogP contribution in [-0.4, -0.2) is 47.2 Å². The predicted molar refractivity (Wildman–Crippen MR) is 68.2 cm³/mol. The monoisotopic (exact) mass is 298 g/mol. The number of hydrogen-bond acceptors (Lipinski definition) is 7. The molecule has 108 valence electrons. The van der Waals surface area contributed by atoms with Crippen LogP contribution in [0.5, 0.6) is 0 Å². The van der Waals surface area contributed by atoms with Crippen molar-refractivity contribution in [2.45, 2.75) is 18.8 Å². The van der Waals surface area contributed by atoms with E-state index in [9.17, 15) is 8.42 Å². The molecule has 1 aliphatic heterocycles. The van der Waals surface area contributed by atoms with Gasteiger partial charge in [0, 0.05) is 19.0 Å². The summed E-state index contributed by atoms with van der Waals surface area (Å²) in [5, 5.41) is 3.86. The van der Waals surface area contributed by atoms with E-state index in [4.69, 9.17) is 8.94 Å². The van der Waals surface area contributed by atoms with Gasteiger partial charge in [-0.05, 0) is 12.8 Å². The summed E-state index contributed by atoms with van der Waals surface area (Å²) in [4.78, 5) is 8.25. The van der Waals surface area contributed by atoms with Crippen molar-refractivity contribution >= 4 is 10.0 Å². The average Bonchev–Trinajstić information content (AvgIpc) is 3.09. The molecule has 0 spiro atoms. The number of hydrogen-bond donors (Lipinski definition) is 0. The van der Waals surface area contributed by atoms with Gasteiger partial charge in [0.2, 0.25) is 21.7 Å². The molecule has 1 saturated heterocycles. The summed E-state index contributed by atoms with van der Waals surface area (Å²) in [6.45, 7) is 0.955. The van der Waals surface area contributed by atoms with E-state index in [1.165, 1.54) is 23.2 Å². The van der Waals surface area contributed by atoms with Crippen LogP contribution in [0.15, 0.2) is 21.6 Å². The van der Waals surface area contributed by atoms with E-state index >= 15 is 0 Å². The van der Waals surface area contributed by atoms with Crippen LogP contribution in [0.2, 0.25) is 0 Å². The molecular formula is C11H14N4O4S. The summed E-state index contributed by atoms with van der Waals surface area (Å²) in [6, 6.07) is 0. The lowest BCUT2D eigenvalue weighted by Gasteiger charge is -2.28. The first kappa shape index (κ1) is 13.3. The molecule has 0 aliphatic carbocycles. The Morgan fingerprint density at radius 3 is 2.70 bits per heavy atom. The van der Waals surface area contributed by atoms with Crippen LogP contribution in [0.1, 0.15) is 24.7 Å². The number of sulfonamides is 1.